The van der Waals surface area contributed by atoms with Gasteiger partial charge in [-0.05, 0) is 61.9 Å². The molecule has 2 heterocycles. The monoisotopic (exact) mass is 431 g/mol. The molecule has 154 valence electrons. The molecule has 6 nitrogen and oxygen atoms in total. The molecular formula is C21H25N3O3S2. The van der Waals surface area contributed by atoms with E-state index in [1.165, 1.54) is 39.9 Å². The fourth-order valence-electron chi connectivity index (χ4n) is 3.75. The Morgan fingerprint density at radius 1 is 1.17 bits per heavy atom. The van der Waals surface area contributed by atoms with Crippen molar-refractivity contribution in [2.75, 3.05) is 18.4 Å². The molecule has 8 heteroatoms. The van der Waals surface area contributed by atoms with E-state index in [2.05, 4.69) is 25.2 Å². The summed E-state index contributed by atoms with van der Waals surface area (Å²) in [5.41, 5.74) is 1.67. The van der Waals surface area contributed by atoms with Gasteiger partial charge < -0.3 is 5.32 Å². The Morgan fingerprint density at radius 3 is 2.31 bits per heavy atom. The zero-order valence-electron chi connectivity index (χ0n) is 17.0. The molecule has 1 saturated heterocycles. The third-order valence-corrected chi connectivity index (χ3v) is 8.28. The molecule has 29 heavy (non-hydrogen) atoms. The van der Waals surface area contributed by atoms with Crippen molar-refractivity contribution in [1.29, 1.82) is 5.26 Å². The van der Waals surface area contributed by atoms with E-state index < -0.39 is 10.0 Å². The fourth-order valence-corrected chi connectivity index (χ4v) is 6.44. The predicted molar refractivity (Wildman–Crippen MR) is 115 cm³/mol. The van der Waals surface area contributed by atoms with Crippen LogP contribution in [0.2, 0.25) is 0 Å². The van der Waals surface area contributed by atoms with Gasteiger partial charge in [0, 0.05) is 23.5 Å². The van der Waals surface area contributed by atoms with Crippen LogP contribution in [0.25, 0.3) is 0 Å². The number of nitriles is 1. The highest BCUT2D eigenvalue weighted by atomic mass is 32.2. The van der Waals surface area contributed by atoms with E-state index >= 15 is 0 Å². The molecule has 0 bridgehead atoms. The van der Waals surface area contributed by atoms with Crippen molar-refractivity contribution in [3.05, 3.63) is 45.8 Å². The van der Waals surface area contributed by atoms with Crippen LogP contribution < -0.4 is 5.32 Å². The quantitative estimate of drug-likeness (QED) is 0.787. The first-order valence-electron chi connectivity index (χ1n) is 9.55. The van der Waals surface area contributed by atoms with Gasteiger partial charge in [0.2, 0.25) is 10.0 Å². The second-order valence-electron chi connectivity index (χ2n) is 7.85. The van der Waals surface area contributed by atoms with Gasteiger partial charge in [-0.15, -0.1) is 11.3 Å². The van der Waals surface area contributed by atoms with E-state index in [1.54, 1.807) is 0 Å². The van der Waals surface area contributed by atoms with Crippen LogP contribution in [-0.4, -0.2) is 31.7 Å². The number of nitrogens with one attached hydrogen (secondary N) is 1. The van der Waals surface area contributed by atoms with Gasteiger partial charge >= 0.3 is 0 Å². The molecule has 1 amide bonds. The number of carbonyl (C=O) groups excluding carboxylic acids is 1. The van der Waals surface area contributed by atoms with Crippen LogP contribution in [0.4, 0.5) is 5.00 Å². The van der Waals surface area contributed by atoms with Gasteiger partial charge in [-0.3, -0.25) is 4.79 Å². The molecule has 1 aliphatic heterocycles. The minimum atomic E-state index is -3.58. The maximum Gasteiger partial charge on any atom is 0.256 e. The number of amides is 1. The normalized spacial score (nSPS) is 20.2. The second kappa shape index (κ2) is 8.27. The maximum atomic E-state index is 13.0. The highest BCUT2D eigenvalue weighted by Gasteiger charge is 2.31. The number of aryl methyl sites for hydroxylation is 1. The van der Waals surface area contributed by atoms with Gasteiger partial charge in [0.1, 0.15) is 11.1 Å². The minimum Gasteiger partial charge on any atom is -0.312 e. The molecular weight excluding hydrogens is 406 g/mol. The van der Waals surface area contributed by atoms with Crippen LogP contribution in [0, 0.1) is 37.0 Å². The third kappa shape index (κ3) is 4.37. The minimum absolute atomic E-state index is 0.191. The summed E-state index contributed by atoms with van der Waals surface area (Å²) in [4.78, 5) is 13.7. The number of rotatable bonds is 4. The van der Waals surface area contributed by atoms with E-state index in [1.807, 2.05) is 13.8 Å². The predicted octanol–water partition coefficient (Wildman–Crippen LogP) is 4.16. The Hall–Kier alpha value is -2.21. The molecule has 0 radical (unpaired) electrons. The van der Waals surface area contributed by atoms with Crippen LogP contribution in [0.5, 0.6) is 0 Å². The molecule has 3 rings (SSSR count). The molecule has 0 unspecified atom stereocenters. The number of hydrogen-bond donors (Lipinski definition) is 1. The molecule has 0 spiro atoms. The van der Waals surface area contributed by atoms with Gasteiger partial charge in [-0.25, -0.2) is 8.42 Å². The molecule has 2 atom stereocenters. The van der Waals surface area contributed by atoms with Crippen molar-refractivity contribution in [1.82, 2.24) is 4.31 Å². The maximum absolute atomic E-state index is 13.0. The average Bonchev–Trinajstić information content (AvgIpc) is 2.93. The summed E-state index contributed by atoms with van der Waals surface area (Å²) < 4.78 is 27.5. The van der Waals surface area contributed by atoms with E-state index in [0.717, 1.165) is 16.9 Å². The first kappa shape index (κ1) is 21.5. The Labute approximate surface area is 176 Å². The highest BCUT2D eigenvalue weighted by Crippen LogP contribution is 2.32. The first-order valence-corrected chi connectivity index (χ1v) is 11.8. The summed E-state index contributed by atoms with van der Waals surface area (Å²) in [7, 11) is -3.58. The highest BCUT2D eigenvalue weighted by molar-refractivity contribution is 7.89. The van der Waals surface area contributed by atoms with Crippen molar-refractivity contribution in [2.24, 2.45) is 11.8 Å². The molecule has 2 aromatic rings. The van der Waals surface area contributed by atoms with Gasteiger partial charge in [0.15, 0.2) is 0 Å². The summed E-state index contributed by atoms with van der Waals surface area (Å²) in [5, 5.41) is 12.6. The summed E-state index contributed by atoms with van der Waals surface area (Å²) >= 11 is 1.36. The van der Waals surface area contributed by atoms with Crippen LogP contribution in [0.1, 0.15) is 46.6 Å². The van der Waals surface area contributed by atoms with Crippen molar-refractivity contribution < 1.29 is 13.2 Å². The number of hydrogen-bond acceptors (Lipinski definition) is 5. The molecule has 1 aromatic heterocycles. The van der Waals surface area contributed by atoms with E-state index in [-0.39, 0.29) is 10.8 Å². The van der Waals surface area contributed by atoms with Crippen LogP contribution in [0.3, 0.4) is 0 Å². The van der Waals surface area contributed by atoms with Gasteiger partial charge in [0.05, 0.1) is 10.5 Å². The van der Waals surface area contributed by atoms with Crippen LogP contribution >= 0.6 is 11.3 Å². The Morgan fingerprint density at radius 2 is 1.76 bits per heavy atom. The zero-order chi connectivity index (χ0) is 21.3. The van der Waals surface area contributed by atoms with Crippen LogP contribution in [0.15, 0.2) is 29.2 Å². The molecule has 1 aliphatic rings. The molecule has 1 N–H and O–H groups in total. The van der Waals surface area contributed by atoms with Crippen molar-refractivity contribution in [3.8, 4) is 6.07 Å². The lowest BCUT2D eigenvalue weighted by atomic mass is 9.94. The molecule has 1 fully saturated rings. The Kier molecular flexibility index (Phi) is 6.13. The lowest BCUT2D eigenvalue weighted by Crippen LogP contribution is -2.42. The zero-order valence-corrected chi connectivity index (χ0v) is 18.7. The molecule has 0 aliphatic carbocycles. The topological polar surface area (TPSA) is 90.3 Å². The fraction of sp³-hybridized carbons (Fsp3) is 0.429. The number of carbonyl (C=O) groups is 1. The molecule has 1 aromatic carbocycles. The molecule has 0 saturated carbocycles. The SMILES string of the molecule is Cc1sc(NC(=O)c2ccc(S(=O)(=O)N3C[C@@H](C)C[C@H](C)C3)cc2)c(C#N)c1C. The summed E-state index contributed by atoms with van der Waals surface area (Å²) in [6.07, 6.45) is 1.03. The van der Waals surface area contributed by atoms with E-state index in [0.29, 0.717) is 41.1 Å². The van der Waals surface area contributed by atoms with Gasteiger partial charge in [-0.1, -0.05) is 13.8 Å². The van der Waals surface area contributed by atoms with E-state index in [9.17, 15) is 18.5 Å². The Bertz CT molecular complexity index is 1060. The lowest BCUT2D eigenvalue weighted by molar-refractivity contribution is 0.102. The number of anilines is 1. The number of benzene rings is 1. The van der Waals surface area contributed by atoms with Crippen molar-refractivity contribution in [2.45, 2.75) is 39.0 Å². The smallest absolute Gasteiger partial charge is 0.256 e. The average molecular weight is 432 g/mol. The number of thiophene rings is 1. The summed E-state index contributed by atoms with van der Waals surface area (Å²) in [6.45, 7) is 8.91. The van der Waals surface area contributed by atoms with Crippen molar-refractivity contribution >= 4 is 32.3 Å². The summed E-state index contributed by atoms with van der Waals surface area (Å²) in [6, 6.07) is 8.10. The first-order chi connectivity index (χ1) is 13.6. The Balaban J connectivity index is 1.79. The standard InChI is InChI=1S/C21H25N3O3S2/c1-13-9-14(2)12-24(11-13)29(26,27)18-7-5-17(6-8-18)20(25)23-21-19(10-22)15(3)16(4)28-21/h5-8,13-14H,9,11-12H2,1-4H3,(H,23,25)/t13-,14-/m0/s1. The van der Waals surface area contributed by atoms with Crippen molar-refractivity contribution in [3.63, 3.8) is 0 Å². The van der Waals surface area contributed by atoms with Gasteiger partial charge in [0.25, 0.3) is 5.91 Å². The largest absolute Gasteiger partial charge is 0.312 e. The number of sulfonamides is 1. The second-order valence-corrected chi connectivity index (χ2v) is 11.0. The third-order valence-electron chi connectivity index (χ3n) is 5.31. The summed E-state index contributed by atoms with van der Waals surface area (Å²) in [5.74, 6) is 0.281. The number of piperidine rings is 1. The van der Waals surface area contributed by atoms with E-state index in [4.69, 9.17) is 0 Å². The van der Waals surface area contributed by atoms with Gasteiger partial charge in [-0.2, -0.15) is 9.57 Å². The number of nitrogens with zero attached hydrogens (tertiary/aromatic N) is 2. The van der Waals surface area contributed by atoms with Crippen LogP contribution in [-0.2, 0) is 10.0 Å². The lowest BCUT2D eigenvalue weighted by Gasteiger charge is -2.34.